The number of hydrogen-bond acceptors (Lipinski definition) is 2. The van der Waals surface area contributed by atoms with Crippen molar-refractivity contribution in [3.63, 3.8) is 0 Å². The van der Waals surface area contributed by atoms with Gasteiger partial charge in [-0.25, -0.2) is 4.39 Å². The van der Waals surface area contributed by atoms with Crippen molar-refractivity contribution >= 4 is 11.5 Å². The van der Waals surface area contributed by atoms with Crippen molar-refractivity contribution in [3.05, 3.63) is 65.5 Å². The fourth-order valence-corrected chi connectivity index (χ4v) is 2.48. The van der Waals surface area contributed by atoms with E-state index < -0.39 is 0 Å². The molecule has 0 spiro atoms. The van der Waals surface area contributed by atoms with Crippen LogP contribution in [0.3, 0.4) is 0 Å². The first-order valence-electron chi connectivity index (χ1n) is 7.16. The highest BCUT2D eigenvalue weighted by molar-refractivity contribution is 6.01. The SMILES string of the molecule is CCN(c1cccc(C)c1)C(C)C(=O)c1ccc(F)cc1. The zero-order valence-corrected chi connectivity index (χ0v) is 12.6. The normalized spacial score (nSPS) is 12.0. The zero-order valence-electron chi connectivity index (χ0n) is 12.6. The molecule has 0 bridgehead atoms. The van der Waals surface area contributed by atoms with Crippen LogP contribution in [0.1, 0.15) is 29.8 Å². The van der Waals surface area contributed by atoms with Gasteiger partial charge in [0.15, 0.2) is 5.78 Å². The molecule has 0 radical (unpaired) electrons. The number of nitrogens with zero attached hydrogens (tertiary/aromatic N) is 1. The van der Waals surface area contributed by atoms with Crippen LogP contribution in [-0.4, -0.2) is 18.4 Å². The Morgan fingerprint density at radius 1 is 1.19 bits per heavy atom. The van der Waals surface area contributed by atoms with E-state index in [4.69, 9.17) is 0 Å². The molecule has 110 valence electrons. The summed E-state index contributed by atoms with van der Waals surface area (Å²) in [6, 6.07) is 13.5. The molecular formula is C18H20FNO. The average molecular weight is 285 g/mol. The molecule has 2 aromatic rings. The first-order chi connectivity index (χ1) is 10.0. The number of halogens is 1. The van der Waals surface area contributed by atoms with E-state index in [2.05, 4.69) is 11.0 Å². The van der Waals surface area contributed by atoms with Crippen molar-refractivity contribution in [1.29, 1.82) is 0 Å². The van der Waals surface area contributed by atoms with Crippen molar-refractivity contribution < 1.29 is 9.18 Å². The Labute approximate surface area is 125 Å². The second kappa shape index (κ2) is 6.53. The van der Waals surface area contributed by atoms with E-state index in [1.165, 1.54) is 24.3 Å². The minimum Gasteiger partial charge on any atom is -0.362 e. The number of Topliss-reactive ketones (excluding diaryl/α,β-unsaturated/α-hetero) is 1. The number of anilines is 1. The summed E-state index contributed by atoms with van der Waals surface area (Å²) in [4.78, 5) is 14.6. The number of rotatable bonds is 5. The third-order valence-electron chi connectivity index (χ3n) is 3.65. The molecule has 2 nitrogen and oxygen atoms in total. The summed E-state index contributed by atoms with van der Waals surface area (Å²) in [5, 5.41) is 0. The molecule has 21 heavy (non-hydrogen) atoms. The predicted molar refractivity (Wildman–Crippen MR) is 84.4 cm³/mol. The number of carbonyl (C=O) groups is 1. The van der Waals surface area contributed by atoms with Crippen molar-refractivity contribution in [2.24, 2.45) is 0 Å². The Balaban J connectivity index is 2.25. The number of carbonyl (C=O) groups excluding carboxylic acids is 1. The van der Waals surface area contributed by atoms with Crippen LogP contribution in [0.15, 0.2) is 48.5 Å². The van der Waals surface area contributed by atoms with Gasteiger partial charge in [0, 0.05) is 17.8 Å². The summed E-state index contributed by atoms with van der Waals surface area (Å²) in [6.45, 7) is 6.68. The van der Waals surface area contributed by atoms with E-state index in [0.29, 0.717) is 5.56 Å². The summed E-state index contributed by atoms with van der Waals surface area (Å²) in [7, 11) is 0. The van der Waals surface area contributed by atoms with Gasteiger partial charge < -0.3 is 4.90 Å². The van der Waals surface area contributed by atoms with Gasteiger partial charge in [0.25, 0.3) is 0 Å². The van der Waals surface area contributed by atoms with Crippen molar-refractivity contribution in [2.45, 2.75) is 26.8 Å². The number of benzene rings is 2. The highest BCUT2D eigenvalue weighted by Gasteiger charge is 2.21. The Kier molecular flexibility index (Phi) is 4.73. The topological polar surface area (TPSA) is 20.3 Å². The van der Waals surface area contributed by atoms with Gasteiger partial charge in [0.05, 0.1) is 6.04 Å². The van der Waals surface area contributed by atoms with Gasteiger partial charge in [-0.2, -0.15) is 0 Å². The van der Waals surface area contributed by atoms with E-state index in [1.54, 1.807) is 0 Å². The number of hydrogen-bond donors (Lipinski definition) is 0. The number of likely N-dealkylation sites (N-methyl/N-ethyl adjacent to an activating group) is 1. The van der Waals surface area contributed by atoms with E-state index in [9.17, 15) is 9.18 Å². The zero-order chi connectivity index (χ0) is 15.4. The van der Waals surface area contributed by atoms with Gasteiger partial charge >= 0.3 is 0 Å². The molecule has 0 aromatic heterocycles. The molecule has 0 saturated carbocycles. The number of ketones is 1. The third-order valence-corrected chi connectivity index (χ3v) is 3.65. The monoisotopic (exact) mass is 285 g/mol. The van der Waals surface area contributed by atoms with Gasteiger partial charge in [-0.05, 0) is 62.7 Å². The van der Waals surface area contributed by atoms with Crippen molar-refractivity contribution in [1.82, 2.24) is 0 Å². The summed E-state index contributed by atoms with van der Waals surface area (Å²) >= 11 is 0. The predicted octanol–water partition coefficient (Wildman–Crippen LogP) is 4.23. The first kappa shape index (κ1) is 15.2. The summed E-state index contributed by atoms with van der Waals surface area (Å²) in [6.07, 6.45) is 0. The largest absolute Gasteiger partial charge is 0.362 e. The quantitative estimate of drug-likeness (QED) is 0.766. The highest BCUT2D eigenvalue weighted by atomic mass is 19.1. The standard InChI is InChI=1S/C18H20FNO/c1-4-20(17-7-5-6-13(2)12-17)14(3)18(21)15-8-10-16(19)11-9-15/h5-12,14H,4H2,1-3H3. The second-order valence-corrected chi connectivity index (χ2v) is 5.17. The molecule has 2 rings (SSSR count). The minimum absolute atomic E-state index is 0.00152. The lowest BCUT2D eigenvalue weighted by Gasteiger charge is -2.29. The van der Waals surface area contributed by atoms with Gasteiger partial charge in [0.2, 0.25) is 0 Å². The van der Waals surface area contributed by atoms with Gasteiger partial charge in [-0.3, -0.25) is 4.79 Å². The maximum Gasteiger partial charge on any atom is 0.184 e. The molecule has 0 aliphatic heterocycles. The summed E-state index contributed by atoms with van der Waals surface area (Å²) < 4.78 is 13.0. The van der Waals surface area contributed by atoms with Gasteiger partial charge in [-0.15, -0.1) is 0 Å². The summed E-state index contributed by atoms with van der Waals surface area (Å²) in [5.41, 5.74) is 2.72. The van der Waals surface area contributed by atoms with Crippen LogP contribution in [0, 0.1) is 12.7 Å². The van der Waals surface area contributed by atoms with E-state index in [1.807, 2.05) is 39.0 Å². The smallest absolute Gasteiger partial charge is 0.184 e. The molecule has 0 aliphatic carbocycles. The van der Waals surface area contributed by atoms with Crippen LogP contribution in [-0.2, 0) is 0 Å². The molecule has 3 heteroatoms. The van der Waals surface area contributed by atoms with E-state index in [-0.39, 0.29) is 17.6 Å². The fourth-order valence-electron chi connectivity index (χ4n) is 2.48. The molecule has 0 fully saturated rings. The minimum atomic E-state index is -0.328. The van der Waals surface area contributed by atoms with Crippen LogP contribution in [0.4, 0.5) is 10.1 Å². The molecular weight excluding hydrogens is 265 g/mol. The lowest BCUT2D eigenvalue weighted by atomic mass is 10.0. The van der Waals surface area contributed by atoms with Gasteiger partial charge in [0.1, 0.15) is 5.82 Å². The molecule has 1 atom stereocenters. The van der Waals surface area contributed by atoms with Crippen LogP contribution in [0.2, 0.25) is 0 Å². The lowest BCUT2D eigenvalue weighted by molar-refractivity contribution is 0.0964. The maximum atomic E-state index is 13.0. The molecule has 0 aliphatic rings. The van der Waals surface area contributed by atoms with Crippen molar-refractivity contribution in [2.75, 3.05) is 11.4 Å². The van der Waals surface area contributed by atoms with Crippen LogP contribution in [0.5, 0.6) is 0 Å². The third kappa shape index (κ3) is 3.48. The second-order valence-electron chi connectivity index (χ2n) is 5.17. The molecule has 1 unspecified atom stereocenters. The molecule has 0 saturated heterocycles. The van der Waals surface area contributed by atoms with E-state index in [0.717, 1.165) is 17.8 Å². The van der Waals surface area contributed by atoms with Crippen molar-refractivity contribution in [3.8, 4) is 0 Å². The molecule has 0 N–H and O–H groups in total. The Morgan fingerprint density at radius 3 is 2.43 bits per heavy atom. The maximum absolute atomic E-state index is 13.0. The molecule has 0 amide bonds. The van der Waals surface area contributed by atoms with Crippen LogP contribution >= 0.6 is 0 Å². The summed E-state index contributed by atoms with van der Waals surface area (Å²) in [5.74, 6) is -0.330. The molecule has 2 aromatic carbocycles. The number of aryl methyl sites for hydroxylation is 1. The highest BCUT2D eigenvalue weighted by Crippen LogP contribution is 2.20. The Hall–Kier alpha value is -2.16. The van der Waals surface area contributed by atoms with Gasteiger partial charge in [-0.1, -0.05) is 12.1 Å². The first-order valence-corrected chi connectivity index (χ1v) is 7.16. The Morgan fingerprint density at radius 2 is 1.86 bits per heavy atom. The van der Waals surface area contributed by atoms with Crippen LogP contribution < -0.4 is 4.90 Å². The Bertz CT molecular complexity index is 621. The lowest BCUT2D eigenvalue weighted by Crippen LogP contribution is -2.39. The fraction of sp³-hybridized carbons (Fsp3) is 0.278. The average Bonchev–Trinajstić information content (AvgIpc) is 2.48. The van der Waals surface area contributed by atoms with Crippen LogP contribution in [0.25, 0.3) is 0 Å². The molecule has 0 heterocycles. The van der Waals surface area contributed by atoms with E-state index >= 15 is 0 Å².